The van der Waals surface area contributed by atoms with Crippen LogP contribution in [0.3, 0.4) is 0 Å². The number of urea groups is 1. The third-order valence-corrected chi connectivity index (χ3v) is 3.42. The number of hydrogen-bond acceptors (Lipinski definition) is 3. The molecule has 0 radical (unpaired) electrons. The zero-order chi connectivity index (χ0) is 16.1. The normalized spacial score (nSPS) is 25.6. The van der Waals surface area contributed by atoms with Crippen molar-refractivity contribution in [2.45, 2.75) is 38.4 Å². The molecule has 0 aromatic rings. The van der Waals surface area contributed by atoms with Gasteiger partial charge in [0.1, 0.15) is 5.41 Å². The predicted molar refractivity (Wildman–Crippen MR) is 66.8 cm³/mol. The van der Waals surface area contributed by atoms with Crippen molar-refractivity contribution in [3.05, 3.63) is 0 Å². The van der Waals surface area contributed by atoms with Gasteiger partial charge in [0.15, 0.2) is 0 Å². The molecule has 1 fully saturated rings. The number of aliphatic carboxylic acids is 1. The smallest absolute Gasteiger partial charge is 0.389 e. The van der Waals surface area contributed by atoms with Gasteiger partial charge in [-0.3, -0.25) is 4.79 Å². The molecule has 122 valence electrons. The zero-order valence-electron chi connectivity index (χ0n) is 11.6. The molecule has 0 spiro atoms. The Kier molecular flexibility index (Phi) is 5.82. The molecule has 0 saturated carbocycles. The third kappa shape index (κ3) is 5.41. The Hall–Kier alpha value is -1.51. The van der Waals surface area contributed by atoms with Crippen molar-refractivity contribution in [1.82, 2.24) is 10.6 Å². The highest BCUT2D eigenvalue weighted by Crippen LogP contribution is 2.28. The van der Waals surface area contributed by atoms with Crippen molar-refractivity contribution >= 4 is 12.0 Å². The molecule has 1 saturated heterocycles. The maximum Gasteiger partial charge on any atom is 0.389 e. The van der Waals surface area contributed by atoms with Crippen molar-refractivity contribution in [3.8, 4) is 0 Å². The van der Waals surface area contributed by atoms with Gasteiger partial charge in [0, 0.05) is 13.0 Å². The molecule has 1 aliphatic rings. The Morgan fingerprint density at radius 3 is 2.62 bits per heavy atom. The molecule has 0 bridgehead atoms. The number of carbonyl (C=O) groups is 2. The van der Waals surface area contributed by atoms with Crippen LogP contribution in [0.15, 0.2) is 0 Å². The van der Waals surface area contributed by atoms with Crippen molar-refractivity contribution < 1.29 is 32.6 Å². The fourth-order valence-corrected chi connectivity index (χ4v) is 1.95. The van der Waals surface area contributed by atoms with Crippen molar-refractivity contribution in [2.24, 2.45) is 5.41 Å². The molecule has 2 amide bonds. The largest absolute Gasteiger partial charge is 0.481 e. The van der Waals surface area contributed by atoms with Crippen LogP contribution in [0.5, 0.6) is 0 Å². The van der Waals surface area contributed by atoms with Crippen LogP contribution in [0.2, 0.25) is 0 Å². The number of carboxylic acid groups (broad SMARTS) is 1. The van der Waals surface area contributed by atoms with Gasteiger partial charge in [-0.25, -0.2) is 4.79 Å². The number of amides is 2. The summed E-state index contributed by atoms with van der Waals surface area (Å²) >= 11 is 0. The SMILES string of the molecule is CC1(C(=O)O)COCC1NC(=O)NCCCCC(F)(F)F. The molecule has 0 aromatic heterocycles. The summed E-state index contributed by atoms with van der Waals surface area (Å²) in [7, 11) is 0. The summed E-state index contributed by atoms with van der Waals surface area (Å²) < 4.78 is 40.8. The summed E-state index contributed by atoms with van der Waals surface area (Å²) in [5.41, 5.74) is -1.20. The topological polar surface area (TPSA) is 87.7 Å². The summed E-state index contributed by atoms with van der Waals surface area (Å²) in [6.07, 6.45) is -4.94. The first-order valence-corrected chi connectivity index (χ1v) is 6.57. The lowest BCUT2D eigenvalue weighted by Gasteiger charge is -2.25. The highest BCUT2D eigenvalue weighted by molar-refractivity contribution is 5.79. The number of ether oxygens (including phenoxy) is 1. The number of nitrogens with one attached hydrogen (secondary N) is 2. The predicted octanol–water partition coefficient (Wildman–Crippen LogP) is 1.51. The van der Waals surface area contributed by atoms with E-state index in [4.69, 9.17) is 9.84 Å². The van der Waals surface area contributed by atoms with Crippen LogP contribution in [0.4, 0.5) is 18.0 Å². The molecule has 3 N–H and O–H groups in total. The molecule has 2 unspecified atom stereocenters. The van der Waals surface area contributed by atoms with E-state index in [0.717, 1.165) is 0 Å². The molecule has 2 atom stereocenters. The minimum absolute atomic E-state index is 0.00113. The summed E-state index contributed by atoms with van der Waals surface area (Å²) in [5, 5.41) is 14.0. The standard InChI is InChI=1S/C12H19F3N2O4/c1-11(9(18)19)7-21-6-8(11)17-10(20)16-5-3-2-4-12(13,14)15/h8H,2-7H2,1H3,(H,18,19)(H2,16,17,20). The molecular formula is C12H19F3N2O4. The van der Waals surface area contributed by atoms with E-state index in [1.807, 2.05) is 0 Å². The Balaban J connectivity index is 2.26. The van der Waals surface area contributed by atoms with Gasteiger partial charge in [-0.05, 0) is 19.8 Å². The number of hydrogen-bond donors (Lipinski definition) is 3. The third-order valence-electron chi connectivity index (χ3n) is 3.42. The summed E-state index contributed by atoms with van der Waals surface area (Å²) in [5.74, 6) is -1.07. The molecule has 0 aliphatic carbocycles. The fourth-order valence-electron chi connectivity index (χ4n) is 1.95. The quantitative estimate of drug-likeness (QED) is 0.649. The van der Waals surface area contributed by atoms with E-state index in [2.05, 4.69) is 10.6 Å². The number of unbranched alkanes of at least 4 members (excludes halogenated alkanes) is 1. The van der Waals surface area contributed by atoms with Gasteiger partial charge in [0.25, 0.3) is 0 Å². The second-order valence-electron chi connectivity index (χ2n) is 5.26. The van der Waals surface area contributed by atoms with E-state index in [1.165, 1.54) is 6.92 Å². The van der Waals surface area contributed by atoms with Crippen LogP contribution in [0.1, 0.15) is 26.2 Å². The van der Waals surface area contributed by atoms with E-state index in [9.17, 15) is 22.8 Å². The number of carboxylic acids is 1. The van der Waals surface area contributed by atoms with E-state index in [1.54, 1.807) is 0 Å². The van der Waals surface area contributed by atoms with Crippen LogP contribution in [-0.2, 0) is 9.53 Å². The van der Waals surface area contributed by atoms with Crippen LogP contribution >= 0.6 is 0 Å². The molecule has 6 nitrogen and oxygen atoms in total. The average Bonchev–Trinajstić information content (AvgIpc) is 2.70. The molecule has 9 heteroatoms. The molecular weight excluding hydrogens is 293 g/mol. The van der Waals surface area contributed by atoms with Crippen molar-refractivity contribution in [1.29, 1.82) is 0 Å². The Morgan fingerprint density at radius 1 is 1.38 bits per heavy atom. The van der Waals surface area contributed by atoms with Crippen LogP contribution in [-0.4, -0.2) is 49.1 Å². The lowest BCUT2D eigenvalue weighted by atomic mass is 9.85. The van der Waals surface area contributed by atoms with Crippen LogP contribution in [0, 0.1) is 5.41 Å². The lowest BCUT2D eigenvalue weighted by Crippen LogP contribution is -2.52. The first-order valence-electron chi connectivity index (χ1n) is 6.57. The van der Waals surface area contributed by atoms with Gasteiger partial charge < -0.3 is 20.5 Å². The fraction of sp³-hybridized carbons (Fsp3) is 0.833. The van der Waals surface area contributed by atoms with E-state index in [-0.39, 0.29) is 32.6 Å². The van der Waals surface area contributed by atoms with Gasteiger partial charge in [0.2, 0.25) is 0 Å². The van der Waals surface area contributed by atoms with Crippen LogP contribution in [0.25, 0.3) is 0 Å². The Morgan fingerprint density at radius 2 is 2.05 bits per heavy atom. The van der Waals surface area contributed by atoms with Gasteiger partial charge in [0.05, 0.1) is 19.3 Å². The second kappa shape index (κ2) is 6.97. The maximum atomic E-state index is 11.9. The van der Waals surface area contributed by atoms with E-state index < -0.39 is 36.1 Å². The van der Waals surface area contributed by atoms with Gasteiger partial charge >= 0.3 is 18.2 Å². The van der Waals surface area contributed by atoms with Crippen molar-refractivity contribution in [2.75, 3.05) is 19.8 Å². The zero-order valence-corrected chi connectivity index (χ0v) is 11.6. The van der Waals surface area contributed by atoms with Crippen LogP contribution < -0.4 is 10.6 Å². The highest BCUT2D eigenvalue weighted by Gasteiger charge is 2.47. The molecule has 1 aliphatic heterocycles. The van der Waals surface area contributed by atoms with E-state index >= 15 is 0 Å². The minimum Gasteiger partial charge on any atom is -0.481 e. The van der Waals surface area contributed by atoms with E-state index in [0.29, 0.717) is 0 Å². The first kappa shape index (κ1) is 17.5. The van der Waals surface area contributed by atoms with Gasteiger partial charge in [-0.15, -0.1) is 0 Å². The Bertz CT molecular complexity index is 389. The molecule has 1 rings (SSSR count). The minimum atomic E-state index is -4.19. The maximum absolute atomic E-state index is 11.9. The number of rotatable bonds is 6. The summed E-state index contributed by atoms with van der Waals surface area (Å²) in [6.45, 7) is 1.65. The average molecular weight is 312 g/mol. The van der Waals surface area contributed by atoms with Crippen molar-refractivity contribution in [3.63, 3.8) is 0 Å². The molecule has 21 heavy (non-hydrogen) atoms. The van der Waals surface area contributed by atoms with Gasteiger partial charge in [-0.2, -0.15) is 13.2 Å². The summed E-state index contributed by atoms with van der Waals surface area (Å²) in [6, 6.07) is -1.28. The number of carbonyl (C=O) groups excluding carboxylic acids is 1. The Labute approximate surface area is 120 Å². The number of alkyl halides is 3. The first-order chi connectivity index (χ1) is 9.65. The van der Waals surface area contributed by atoms with Gasteiger partial charge in [-0.1, -0.05) is 0 Å². The summed E-state index contributed by atoms with van der Waals surface area (Å²) in [4.78, 5) is 22.7. The molecule has 1 heterocycles. The molecule has 0 aromatic carbocycles. The second-order valence-corrected chi connectivity index (χ2v) is 5.26. The highest BCUT2D eigenvalue weighted by atomic mass is 19.4. The number of halogens is 3. The lowest BCUT2D eigenvalue weighted by molar-refractivity contribution is -0.148. The monoisotopic (exact) mass is 312 g/mol.